The van der Waals surface area contributed by atoms with Crippen LogP contribution in [0.5, 0.6) is 5.75 Å². The minimum Gasteiger partial charge on any atom is -0.489 e. The van der Waals surface area contributed by atoms with Crippen LogP contribution in [0.4, 0.5) is 10.1 Å². The lowest BCUT2D eigenvalue weighted by Gasteiger charge is -2.15. The largest absolute Gasteiger partial charge is 0.489 e. The molecule has 1 aliphatic heterocycles. The maximum atomic E-state index is 13.4. The second kappa shape index (κ2) is 7.74. The van der Waals surface area contributed by atoms with Gasteiger partial charge in [0.1, 0.15) is 28.0 Å². The number of hydrogen-bond acceptors (Lipinski definition) is 5. The average molecular weight is 345 g/mol. The molecule has 0 spiro atoms. The second-order valence-corrected chi connectivity index (χ2v) is 7.77. The fraction of sp³-hybridized carbons (Fsp3) is 0.533. The molecule has 0 aliphatic carbocycles. The molecular formula is C15H20FNO5S. The summed E-state index contributed by atoms with van der Waals surface area (Å²) < 4.78 is 46.6. The number of sulfone groups is 1. The Balaban J connectivity index is 1.98. The SMILES string of the molecule is CS(=O)(=O)CCC(=O)Nc1cc(F)ccc1OC[C@@H]1CCCO1. The van der Waals surface area contributed by atoms with E-state index in [2.05, 4.69) is 5.32 Å². The van der Waals surface area contributed by atoms with Crippen molar-refractivity contribution in [2.45, 2.75) is 25.4 Å². The predicted molar refractivity (Wildman–Crippen MR) is 83.8 cm³/mol. The smallest absolute Gasteiger partial charge is 0.225 e. The number of amides is 1. The summed E-state index contributed by atoms with van der Waals surface area (Å²) in [6.45, 7) is 1.02. The normalized spacial score (nSPS) is 17.9. The van der Waals surface area contributed by atoms with Crippen molar-refractivity contribution in [3.63, 3.8) is 0 Å². The molecule has 0 unspecified atom stereocenters. The molecule has 1 aromatic carbocycles. The van der Waals surface area contributed by atoms with E-state index in [1.807, 2.05) is 0 Å². The van der Waals surface area contributed by atoms with E-state index < -0.39 is 21.6 Å². The Morgan fingerprint density at radius 3 is 2.91 bits per heavy atom. The van der Waals surface area contributed by atoms with E-state index in [9.17, 15) is 17.6 Å². The van der Waals surface area contributed by atoms with Crippen LogP contribution in [0.15, 0.2) is 18.2 Å². The second-order valence-electron chi connectivity index (χ2n) is 5.51. The van der Waals surface area contributed by atoms with Crippen molar-refractivity contribution in [3.8, 4) is 5.75 Å². The highest BCUT2D eigenvalue weighted by Crippen LogP contribution is 2.26. The molecule has 23 heavy (non-hydrogen) atoms. The van der Waals surface area contributed by atoms with Crippen LogP contribution in [0.25, 0.3) is 0 Å². The molecule has 1 aliphatic rings. The van der Waals surface area contributed by atoms with E-state index >= 15 is 0 Å². The summed E-state index contributed by atoms with van der Waals surface area (Å²) in [7, 11) is -3.23. The minimum absolute atomic E-state index is 0.00570. The van der Waals surface area contributed by atoms with Crippen molar-refractivity contribution in [1.29, 1.82) is 0 Å². The molecule has 0 radical (unpaired) electrons. The molecule has 1 amide bonds. The van der Waals surface area contributed by atoms with Gasteiger partial charge in [-0.15, -0.1) is 0 Å². The highest BCUT2D eigenvalue weighted by atomic mass is 32.2. The standard InChI is InChI=1S/C15H20FNO5S/c1-23(19,20)8-6-15(18)17-13-9-11(16)4-5-14(13)22-10-12-3-2-7-21-12/h4-5,9,12H,2-3,6-8,10H2,1H3,(H,17,18)/t12-/m0/s1. The van der Waals surface area contributed by atoms with Crippen LogP contribution < -0.4 is 10.1 Å². The Hall–Kier alpha value is -1.67. The van der Waals surface area contributed by atoms with Gasteiger partial charge < -0.3 is 14.8 Å². The van der Waals surface area contributed by atoms with Gasteiger partial charge in [0.2, 0.25) is 5.91 Å². The molecule has 1 heterocycles. The quantitative estimate of drug-likeness (QED) is 0.814. The van der Waals surface area contributed by atoms with Gasteiger partial charge in [-0.25, -0.2) is 12.8 Å². The first-order chi connectivity index (χ1) is 10.8. The molecule has 1 aromatic rings. The molecule has 1 saturated heterocycles. The van der Waals surface area contributed by atoms with E-state index in [1.54, 1.807) is 0 Å². The zero-order chi connectivity index (χ0) is 16.9. The highest BCUT2D eigenvalue weighted by molar-refractivity contribution is 7.90. The molecular weight excluding hydrogens is 325 g/mol. The topological polar surface area (TPSA) is 81.7 Å². The van der Waals surface area contributed by atoms with Gasteiger partial charge in [0.05, 0.1) is 17.5 Å². The Morgan fingerprint density at radius 2 is 2.26 bits per heavy atom. The van der Waals surface area contributed by atoms with E-state index in [-0.39, 0.29) is 24.0 Å². The van der Waals surface area contributed by atoms with Crippen LogP contribution in [0.1, 0.15) is 19.3 Å². The molecule has 1 N–H and O–H groups in total. The third-order valence-electron chi connectivity index (χ3n) is 3.36. The first kappa shape index (κ1) is 17.7. The number of hydrogen-bond donors (Lipinski definition) is 1. The summed E-state index contributed by atoms with van der Waals surface area (Å²) in [5.41, 5.74) is 0.182. The van der Waals surface area contributed by atoms with Crippen molar-refractivity contribution in [2.24, 2.45) is 0 Å². The van der Waals surface area contributed by atoms with Crippen molar-refractivity contribution in [1.82, 2.24) is 0 Å². The summed E-state index contributed by atoms with van der Waals surface area (Å²) in [6.07, 6.45) is 2.73. The number of halogens is 1. The Labute approximate surface area is 134 Å². The minimum atomic E-state index is -3.23. The van der Waals surface area contributed by atoms with Crippen LogP contribution >= 0.6 is 0 Å². The third-order valence-corrected chi connectivity index (χ3v) is 4.31. The number of ether oxygens (including phenoxy) is 2. The maximum Gasteiger partial charge on any atom is 0.225 e. The van der Waals surface area contributed by atoms with Crippen molar-refractivity contribution in [2.75, 3.05) is 30.5 Å². The number of rotatable bonds is 7. The van der Waals surface area contributed by atoms with Gasteiger partial charge in [0.15, 0.2) is 0 Å². The highest BCUT2D eigenvalue weighted by Gasteiger charge is 2.18. The van der Waals surface area contributed by atoms with E-state index in [0.717, 1.165) is 25.2 Å². The first-order valence-electron chi connectivity index (χ1n) is 7.35. The molecule has 8 heteroatoms. The van der Waals surface area contributed by atoms with Crippen molar-refractivity contribution < 1.29 is 27.1 Å². The van der Waals surface area contributed by atoms with Gasteiger partial charge in [-0.05, 0) is 25.0 Å². The summed E-state index contributed by atoms with van der Waals surface area (Å²) in [5.74, 6) is -0.967. The van der Waals surface area contributed by atoms with Gasteiger partial charge in [-0.3, -0.25) is 4.79 Å². The number of nitrogens with one attached hydrogen (secondary N) is 1. The van der Waals surface area contributed by atoms with Crippen LogP contribution in [0.3, 0.4) is 0 Å². The van der Waals surface area contributed by atoms with Crippen LogP contribution in [0, 0.1) is 5.82 Å². The van der Waals surface area contributed by atoms with Crippen LogP contribution in [-0.2, 0) is 19.4 Å². The molecule has 128 valence electrons. The molecule has 1 fully saturated rings. The zero-order valence-electron chi connectivity index (χ0n) is 12.9. The van der Waals surface area contributed by atoms with E-state index in [1.165, 1.54) is 12.1 Å². The van der Waals surface area contributed by atoms with Crippen LogP contribution in [0.2, 0.25) is 0 Å². The third kappa shape index (κ3) is 6.15. The summed E-state index contributed by atoms with van der Waals surface area (Å²) >= 11 is 0. The lowest BCUT2D eigenvalue weighted by Crippen LogP contribution is -2.19. The Morgan fingerprint density at radius 1 is 1.48 bits per heavy atom. The van der Waals surface area contributed by atoms with Crippen molar-refractivity contribution >= 4 is 21.4 Å². The summed E-state index contributed by atoms with van der Waals surface area (Å²) in [5, 5.41) is 2.49. The molecule has 0 aromatic heterocycles. The Bertz CT molecular complexity index is 656. The summed E-state index contributed by atoms with van der Waals surface area (Å²) in [6, 6.07) is 3.80. The monoisotopic (exact) mass is 345 g/mol. The molecule has 2 rings (SSSR count). The van der Waals surface area contributed by atoms with E-state index in [0.29, 0.717) is 19.0 Å². The predicted octanol–water partition coefficient (Wildman–Crippen LogP) is 1.76. The summed E-state index contributed by atoms with van der Waals surface area (Å²) in [4.78, 5) is 11.8. The maximum absolute atomic E-state index is 13.4. The molecule has 6 nitrogen and oxygen atoms in total. The van der Waals surface area contributed by atoms with Gasteiger partial charge >= 0.3 is 0 Å². The number of carbonyl (C=O) groups excluding carboxylic acids is 1. The zero-order valence-corrected chi connectivity index (χ0v) is 13.7. The van der Waals surface area contributed by atoms with Crippen molar-refractivity contribution in [3.05, 3.63) is 24.0 Å². The van der Waals surface area contributed by atoms with Gasteiger partial charge in [-0.2, -0.15) is 0 Å². The first-order valence-corrected chi connectivity index (χ1v) is 9.41. The van der Waals surface area contributed by atoms with Gasteiger partial charge in [0, 0.05) is 25.3 Å². The van der Waals surface area contributed by atoms with E-state index in [4.69, 9.17) is 9.47 Å². The number of anilines is 1. The van der Waals surface area contributed by atoms with Gasteiger partial charge in [0.25, 0.3) is 0 Å². The fourth-order valence-corrected chi connectivity index (χ4v) is 2.73. The number of carbonyl (C=O) groups is 1. The lowest BCUT2D eigenvalue weighted by atomic mass is 10.2. The lowest BCUT2D eigenvalue weighted by molar-refractivity contribution is -0.115. The molecule has 0 bridgehead atoms. The van der Waals surface area contributed by atoms with Crippen LogP contribution in [-0.4, -0.2) is 45.7 Å². The van der Waals surface area contributed by atoms with Gasteiger partial charge in [-0.1, -0.05) is 0 Å². The number of benzene rings is 1. The molecule has 0 saturated carbocycles. The Kier molecular flexibility index (Phi) is 5.95. The fourth-order valence-electron chi connectivity index (χ4n) is 2.18. The average Bonchev–Trinajstić information content (AvgIpc) is 2.97. The molecule has 1 atom stereocenters.